The first kappa shape index (κ1) is 28.2. The van der Waals surface area contributed by atoms with Crippen molar-refractivity contribution in [2.24, 2.45) is 7.05 Å². The molecule has 0 bridgehead atoms. The summed E-state index contributed by atoms with van der Waals surface area (Å²) in [5.74, 6) is 0.131. The van der Waals surface area contributed by atoms with E-state index in [0.29, 0.717) is 15.9 Å². The molecule has 1 fully saturated rings. The number of pyridine rings is 2. The van der Waals surface area contributed by atoms with E-state index in [1.807, 2.05) is 74.3 Å². The van der Waals surface area contributed by atoms with Crippen molar-refractivity contribution in [3.63, 3.8) is 0 Å². The van der Waals surface area contributed by atoms with Gasteiger partial charge in [0.15, 0.2) is 5.82 Å². The Morgan fingerprint density at radius 2 is 1.95 bits per heavy atom. The average Bonchev–Trinajstić information content (AvgIpc) is 3.50. The molecular weight excluding hydrogens is 628 g/mol. The molecule has 0 N–H and O–H groups in total. The third kappa shape index (κ3) is 5.91. The van der Waals surface area contributed by atoms with Gasteiger partial charge in [0.1, 0.15) is 23.2 Å². The van der Waals surface area contributed by atoms with Gasteiger partial charge in [-0.2, -0.15) is 14.6 Å². The SMILES string of the molecule is CCN(C(=O)OC(C)(C)C)c1cc2c(cn1)c(-c1cnn(C)c1)nn2[C@H]1CC[C@@H](Oc2nccc(I)c2F)CC1. The first-order valence-corrected chi connectivity index (χ1v) is 14.5. The summed E-state index contributed by atoms with van der Waals surface area (Å²) in [5.41, 5.74) is 1.92. The van der Waals surface area contributed by atoms with Gasteiger partial charge < -0.3 is 9.47 Å². The van der Waals surface area contributed by atoms with Crippen LogP contribution >= 0.6 is 22.6 Å². The molecule has 1 aliphatic rings. The summed E-state index contributed by atoms with van der Waals surface area (Å²) in [6.45, 7) is 7.82. The highest BCUT2D eigenvalue weighted by Gasteiger charge is 2.29. The summed E-state index contributed by atoms with van der Waals surface area (Å²) in [6, 6.07) is 3.62. The average molecular weight is 662 g/mol. The van der Waals surface area contributed by atoms with Crippen LogP contribution in [0, 0.1) is 9.39 Å². The van der Waals surface area contributed by atoms with Crippen molar-refractivity contribution in [1.82, 2.24) is 29.5 Å². The van der Waals surface area contributed by atoms with Crippen LogP contribution in [0.3, 0.4) is 0 Å². The highest BCUT2D eigenvalue weighted by Crippen LogP contribution is 2.37. The standard InChI is InChI=1S/C28H33FIN7O3/c1-6-36(27(38)40-28(2,3)4)23-13-22-20(15-32-23)25(17-14-33-35(5)16-17)34-37(22)18-7-9-19(10-8-18)39-26-24(29)21(30)11-12-31-26/h11-16,18-19H,6-10H2,1-5H3/t18-,19+. The summed E-state index contributed by atoms with van der Waals surface area (Å²) in [5, 5.41) is 10.2. The lowest BCUT2D eigenvalue weighted by molar-refractivity contribution is 0.0581. The van der Waals surface area contributed by atoms with E-state index in [-0.39, 0.29) is 18.0 Å². The fourth-order valence-corrected chi connectivity index (χ4v) is 5.35. The number of nitrogens with zero attached hydrogens (tertiary/aromatic N) is 7. The van der Waals surface area contributed by atoms with Crippen LogP contribution in [-0.2, 0) is 11.8 Å². The number of carbonyl (C=O) groups excluding carboxylic acids is 1. The van der Waals surface area contributed by atoms with E-state index in [9.17, 15) is 9.18 Å². The van der Waals surface area contributed by atoms with Crippen molar-refractivity contribution in [3.05, 3.63) is 46.3 Å². The zero-order valence-corrected chi connectivity index (χ0v) is 25.4. The van der Waals surface area contributed by atoms with Crippen LogP contribution in [0.5, 0.6) is 5.88 Å². The first-order chi connectivity index (χ1) is 19.0. The Balaban J connectivity index is 1.45. The Labute approximate surface area is 246 Å². The maximum Gasteiger partial charge on any atom is 0.415 e. The largest absolute Gasteiger partial charge is 0.472 e. The predicted molar refractivity (Wildman–Crippen MR) is 158 cm³/mol. The van der Waals surface area contributed by atoms with Crippen molar-refractivity contribution in [2.75, 3.05) is 11.4 Å². The van der Waals surface area contributed by atoms with Gasteiger partial charge in [0, 0.05) is 49.2 Å². The monoisotopic (exact) mass is 661 g/mol. The van der Waals surface area contributed by atoms with Crippen molar-refractivity contribution < 1.29 is 18.7 Å². The Bertz CT molecular complexity index is 1520. The van der Waals surface area contributed by atoms with Crippen molar-refractivity contribution in [1.29, 1.82) is 0 Å². The number of fused-ring (bicyclic) bond motifs is 1. The van der Waals surface area contributed by atoms with E-state index >= 15 is 0 Å². The summed E-state index contributed by atoms with van der Waals surface area (Å²) in [7, 11) is 1.87. The second-order valence-corrected chi connectivity index (χ2v) is 12.1. The Morgan fingerprint density at radius 1 is 1.20 bits per heavy atom. The number of hydrogen-bond acceptors (Lipinski definition) is 7. The molecule has 0 spiro atoms. The number of carbonyl (C=O) groups is 1. The van der Waals surface area contributed by atoms with Gasteiger partial charge in [-0.25, -0.2) is 14.8 Å². The van der Waals surface area contributed by atoms with Crippen molar-refractivity contribution >= 4 is 45.4 Å². The van der Waals surface area contributed by atoms with E-state index in [4.69, 9.17) is 14.6 Å². The number of halogens is 2. The van der Waals surface area contributed by atoms with Gasteiger partial charge in [0.05, 0.1) is 21.3 Å². The van der Waals surface area contributed by atoms with Crippen LogP contribution in [0.4, 0.5) is 15.0 Å². The number of hydrogen-bond donors (Lipinski definition) is 0. The molecule has 0 unspecified atom stereocenters. The van der Waals surface area contributed by atoms with E-state index in [1.165, 1.54) is 4.90 Å². The van der Waals surface area contributed by atoms with Crippen LogP contribution in [-0.4, -0.2) is 53.9 Å². The molecule has 0 atom stereocenters. The van der Waals surface area contributed by atoms with E-state index in [2.05, 4.69) is 15.1 Å². The van der Waals surface area contributed by atoms with Gasteiger partial charge in [-0.15, -0.1) is 0 Å². The fraction of sp³-hybridized carbons (Fsp3) is 0.464. The lowest BCUT2D eigenvalue weighted by atomic mass is 9.93. The molecule has 4 heterocycles. The maximum absolute atomic E-state index is 14.5. The molecule has 1 aliphatic carbocycles. The summed E-state index contributed by atoms with van der Waals surface area (Å²) in [6.07, 6.45) is 9.51. The summed E-state index contributed by atoms with van der Waals surface area (Å²) in [4.78, 5) is 23.2. The third-order valence-corrected chi connectivity index (χ3v) is 7.67. The number of ether oxygens (including phenoxy) is 2. The minimum absolute atomic E-state index is 0.0521. The predicted octanol–water partition coefficient (Wildman–Crippen LogP) is 6.29. The number of aromatic nitrogens is 6. The molecule has 12 heteroatoms. The lowest BCUT2D eigenvalue weighted by Crippen LogP contribution is -2.37. The number of rotatable bonds is 6. The van der Waals surface area contributed by atoms with Crippen LogP contribution in [0.25, 0.3) is 22.2 Å². The maximum atomic E-state index is 14.5. The Kier molecular flexibility index (Phi) is 7.98. The van der Waals surface area contributed by atoms with Gasteiger partial charge >= 0.3 is 6.09 Å². The molecule has 40 heavy (non-hydrogen) atoms. The van der Waals surface area contributed by atoms with E-state index < -0.39 is 17.5 Å². The van der Waals surface area contributed by atoms with Gasteiger partial charge in [-0.05, 0) is 82.0 Å². The van der Waals surface area contributed by atoms with Gasteiger partial charge in [-0.1, -0.05) is 0 Å². The molecule has 4 aromatic heterocycles. The van der Waals surface area contributed by atoms with E-state index in [1.54, 1.807) is 29.3 Å². The topological polar surface area (TPSA) is 100 Å². The quantitative estimate of drug-likeness (QED) is 0.224. The number of anilines is 1. The van der Waals surface area contributed by atoms with Crippen molar-refractivity contribution in [3.8, 4) is 17.1 Å². The zero-order valence-electron chi connectivity index (χ0n) is 23.3. The van der Waals surface area contributed by atoms with Gasteiger partial charge in [0.2, 0.25) is 0 Å². The van der Waals surface area contributed by atoms with Crippen LogP contribution in [0.2, 0.25) is 0 Å². The molecule has 4 aromatic rings. The Hall–Kier alpha value is -3.29. The van der Waals surface area contributed by atoms with Crippen LogP contribution in [0.1, 0.15) is 59.4 Å². The summed E-state index contributed by atoms with van der Waals surface area (Å²) < 4.78 is 30.3. The second kappa shape index (κ2) is 11.3. The zero-order chi connectivity index (χ0) is 28.6. The second-order valence-electron chi connectivity index (χ2n) is 10.9. The third-order valence-electron chi connectivity index (χ3n) is 6.84. The fourth-order valence-electron chi connectivity index (χ4n) is 4.96. The highest BCUT2D eigenvalue weighted by molar-refractivity contribution is 14.1. The molecule has 212 valence electrons. The normalized spacial score (nSPS) is 17.7. The molecule has 1 amide bonds. The molecule has 0 saturated heterocycles. The van der Waals surface area contributed by atoms with Crippen LogP contribution < -0.4 is 9.64 Å². The number of amides is 1. The smallest absolute Gasteiger partial charge is 0.415 e. The molecule has 5 rings (SSSR count). The van der Waals surface area contributed by atoms with E-state index in [0.717, 1.165) is 47.8 Å². The molecule has 10 nitrogen and oxygen atoms in total. The molecule has 0 aliphatic heterocycles. The van der Waals surface area contributed by atoms with Gasteiger partial charge in [-0.3, -0.25) is 14.3 Å². The molecular formula is C28H33FIN7O3. The lowest BCUT2D eigenvalue weighted by Gasteiger charge is -2.29. The van der Waals surface area contributed by atoms with Crippen molar-refractivity contribution in [2.45, 2.75) is 71.1 Å². The minimum atomic E-state index is -0.624. The highest BCUT2D eigenvalue weighted by atomic mass is 127. The molecule has 0 radical (unpaired) electrons. The van der Waals surface area contributed by atoms with Gasteiger partial charge in [0.25, 0.3) is 5.88 Å². The van der Waals surface area contributed by atoms with Crippen LogP contribution in [0.15, 0.2) is 36.9 Å². The molecule has 0 aromatic carbocycles. The minimum Gasteiger partial charge on any atom is -0.472 e. The first-order valence-electron chi connectivity index (χ1n) is 13.4. The number of aryl methyl sites for hydroxylation is 1. The molecule has 1 saturated carbocycles. The Morgan fingerprint density at radius 3 is 2.60 bits per heavy atom. The summed E-state index contributed by atoms with van der Waals surface area (Å²) >= 11 is 1.94.